The molecule has 6 nitrogen and oxygen atoms in total. The van der Waals surface area contributed by atoms with Gasteiger partial charge in [-0.1, -0.05) is 12.2 Å². The molecule has 0 bridgehead atoms. The van der Waals surface area contributed by atoms with Crippen molar-refractivity contribution in [1.29, 1.82) is 0 Å². The molecular formula is C12H20N2O4S2. The third kappa shape index (κ3) is 2.82. The molecule has 0 radical (unpaired) electrons. The molecule has 0 aliphatic carbocycles. The first-order valence-electron chi connectivity index (χ1n) is 6.68. The van der Waals surface area contributed by atoms with Crippen molar-refractivity contribution >= 4 is 33.0 Å². The summed E-state index contributed by atoms with van der Waals surface area (Å²) in [4.78, 5) is 14.6. The molecule has 2 N–H and O–H groups in total. The molecule has 114 valence electrons. The van der Waals surface area contributed by atoms with Crippen LogP contribution in [0, 0.1) is 5.41 Å². The van der Waals surface area contributed by atoms with E-state index in [-0.39, 0.29) is 35.0 Å². The second kappa shape index (κ2) is 5.57. The average Bonchev–Trinajstić information content (AvgIpc) is 2.37. The van der Waals surface area contributed by atoms with Crippen molar-refractivity contribution in [3.8, 4) is 0 Å². The van der Waals surface area contributed by atoms with E-state index in [9.17, 15) is 13.2 Å². The zero-order valence-corrected chi connectivity index (χ0v) is 13.1. The number of nitrogens with zero attached hydrogens (tertiary/aromatic N) is 1. The number of rotatable bonds is 2. The van der Waals surface area contributed by atoms with Gasteiger partial charge in [0.05, 0.1) is 16.5 Å². The average molecular weight is 320 g/mol. The summed E-state index contributed by atoms with van der Waals surface area (Å²) in [5.74, 6) is -0.133. The van der Waals surface area contributed by atoms with Crippen LogP contribution in [-0.2, 0) is 19.4 Å². The second-order valence-electron chi connectivity index (χ2n) is 5.52. The van der Waals surface area contributed by atoms with Crippen molar-refractivity contribution in [3.05, 3.63) is 0 Å². The van der Waals surface area contributed by atoms with E-state index in [1.165, 1.54) is 0 Å². The van der Waals surface area contributed by atoms with E-state index in [1.807, 2.05) is 0 Å². The molecule has 2 fully saturated rings. The quantitative estimate of drug-likeness (QED) is 0.704. The van der Waals surface area contributed by atoms with E-state index in [0.29, 0.717) is 26.1 Å². The van der Waals surface area contributed by atoms with Crippen molar-refractivity contribution in [3.63, 3.8) is 0 Å². The first-order chi connectivity index (χ1) is 9.28. The fourth-order valence-corrected chi connectivity index (χ4v) is 4.71. The molecule has 1 unspecified atom stereocenters. The van der Waals surface area contributed by atoms with Gasteiger partial charge in [-0.25, -0.2) is 8.42 Å². The summed E-state index contributed by atoms with van der Waals surface area (Å²) in [6.07, 6.45) is 0.939. The SMILES string of the molecule is CC1CS(=O)(=O)CCN1C(=O)C1(C(N)=S)CCOCC1. The lowest BCUT2D eigenvalue weighted by Gasteiger charge is -2.42. The molecule has 2 heterocycles. The van der Waals surface area contributed by atoms with E-state index in [4.69, 9.17) is 22.7 Å². The Morgan fingerprint density at radius 2 is 2.00 bits per heavy atom. The largest absolute Gasteiger partial charge is 0.392 e. The summed E-state index contributed by atoms with van der Waals surface area (Å²) < 4.78 is 28.5. The molecule has 2 aliphatic rings. The smallest absolute Gasteiger partial charge is 0.236 e. The van der Waals surface area contributed by atoms with Gasteiger partial charge in [-0.2, -0.15) is 0 Å². The van der Waals surface area contributed by atoms with Crippen LogP contribution in [-0.4, -0.2) is 61.5 Å². The van der Waals surface area contributed by atoms with Crippen molar-refractivity contribution < 1.29 is 17.9 Å². The molecule has 0 aromatic carbocycles. The molecule has 1 atom stereocenters. The van der Waals surface area contributed by atoms with Crippen molar-refractivity contribution in [2.45, 2.75) is 25.8 Å². The number of hydrogen-bond acceptors (Lipinski definition) is 5. The summed E-state index contributed by atoms with van der Waals surface area (Å²) in [6, 6.07) is -0.338. The van der Waals surface area contributed by atoms with Crippen LogP contribution >= 0.6 is 12.2 Å². The maximum atomic E-state index is 12.8. The molecule has 1 amide bonds. The van der Waals surface area contributed by atoms with E-state index >= 15 is 0 Å². The Labute approximate surface area is 124 Å². The molecule has 0 saturated carbocycles. The maximum absolute atomic E-state index is 12.8. The third-order valence-electron chi connectivity index (χ3n) is 4.16. The lowest BCUT2D eigenvalue weighted by molar-refractivity contribution is -0.144. The summed E-state index contributed by atoms with van der Waals surface area (Å²) >= 11 is 5.11. The minimum absolute atomic E-state index is 0.00263. The summed E-state index contributed by atoms with van der Waals surface area (Å²) in [6.45, 7) is 2.86. The van der Waals surface area contributed by atoms with E-state index in [2.05, 4.69) is 0 Å². The molecule has 0 aromatic rings. The molecule has 8 heteroatoms. The van der Waals surface area contributed by atoms with Gasteiger partial charge in [-0.3, -0.25) is 4.79 Å². The van der Waals surface area contributed by atoms with Crippen LogP contribution in [0.15, 0.2) is 0 Å². The predicted octanol–water partition coefficient (Wildman–Crippen LogP) is -0.285. The van der Waals surface area contributed by atoms with Gasteiger partial charge < -0.3 is 15.4 Å². The molecule has 2 rings (SSSR count). The van der Waals surface area contributed by atoms with Crippen molar-refractivity contribution in [2.24, 2.45) is 11.1 Å². The van der Waals surface area contributed by atoms with E-state index in [0.717, 1.165) is 0 Å². The van der Waals surface area contributed by atoms with Gasteiger partial charge in [-0.05, 0) is 19.8 Å². The highest BCUT2D eigenvalue weighted by Gasteiger charge is 2.47. The number of carbonyl (C=O) groups is 1. The summed E-state index contributed by atoms with van der Waals surface area (Å²) in [7, 11) is -3.05. The Hall–Kier alpha value is -0.730. The maximum Gasteiger partial charge on any atom is 0.236 e. The van der Waals surface area contributed by atoms with Gasteiger partial charge in [0.25, 0.3) is 0 Å². The number of ether oxygens (including phenoxy) is 1. The summed E-state index contributed by atoms with van der Waals surface area (Å²) in [5, 5.41) is 0. The fraction of sp³-hybridized carbons (Fsp3) is 0.833. The zero-order chi connectivity index (χ0) is 15.0. The first-order valence-corrected chi connectivity index (χ1v) is 8.91. The summed E-state index contributed by atoms with van der Waals surface area (Å²) in [5.41, 5.74) is 4.95. The van der Waals surface area contributed by atoms with Gasteiger partial charge in [0, 0.05) is 25.8 Å². The molecule has 0 spiro atoms. The lowest BCUT2D eigenvalue weighted by Crippen LogP contribution is -2.59. The Balaban J connectivity index is 2.22. The fourth-order valence-electron chi connectivity index (χ4n) is 2.86. The minimum Gasteiger partial charge on any atom is -0.392 e. The van der Waals surface area contributed by atoms with Crippen molar-refractivity contribution in [1.82, 2.24) is 4.90 Å². The Bertz CT molecular complexity index is 512. The molecular weight excluding hydrogens is 300 g/mol. The van der Waals surface area contributed by atoms with Gasteiger partial charge in [-0.15, -0.1) is 0 Å². The van der Waals surface area contributed by atoms with Crippen LogP contribution in [0.3, 0.4) is 0 Å². The Morgan fingerprint density at radius 1 is 1.40 bits per heavy atom. The van der Waals surface area contributed by atoms with Gasteiger partial charge in [0.1, 0.15) is 5.41 Å². The van der Waals surface area contributed by atoms with Gasteiger partial charge in [0.2, 0.25) is 5.91 Å². The van der Waals surface area contributed by atoms with Crippen molar-refractivity contribution in [2.75, 3.05) is 31.3 Å². The molecule has 20 heavy (non-hydrogen) atoms. The van der Waals surface area contributed by atoms with Crippen LogP contribution in [0.4, 0.5) is 0 Å². The lowest BCUT2D eigenvalue weighted by atomic mass is 9.78. The van der Waals surface area contributed by atoms with Crippen LogP contribution in [0.5, 0.6) is 0 Å². The highest BCUT2D eigenvalue weighted by Crippen LogP contribution is 2.34. The number of nitrogens with two attached hydrogens (primary N) is 1. The first kappa shape index (κ1) is 15.7. The zero-order valence-electron chi connectivity index (χ0n) is 11.5. The highest BCUT2D eigenvalue weighted by molar-refractivity contribution is 7.91. The number of amides is 1. The Morgan fingerprint density at radius 3 is 2.50 bits per heavy atom. The van der Waals surface area contributed by atoms with Gasteiger partial charge >= 0.3 is 0 Å². The Kier molecular flexibility index (Phi) is 4.36. The van der Waals surface area contributed by atoms with Crippen LogP contribution in [0.1, 0.15) is 19.8 Å². The number of thiocarbonyl (C=S) groups is 1. The molecule has 0 aromatic heterocycles. The monoisotopic (exact) mass is 320 g/mol. The highest BCUT2D eigenvalue weighted by atomic mass is 32.2. The number of carbonyl (C=O) groups excluding carboxylic acids is 1. The van der Waals surface area contributed by atoms with E-state index in [1.54, 1.807) is 11.8 Å². The predicted molar refractivity (Wildman–Crippen MR) is 79.1 cm³/mol. The second-order valence-corrected chi connectivity index (χ2v) is 8.19. The minimum atomic E-state index is -3.05. The number of sulfone groups is 1. The van der Waals surface area contributed by atoms with Crippen LogP contribution in [0.2, 0.25) is 0 Å². The van der Waals surface area contributed by atoms with Crippen LogP contribution < -0.4 is 5.73 Å². The molecule has 2 aliphatic heterocycles. The van der Waals surface area contributed by atoms with Gasteiger partial charge in [0.15, 0.2) is 9.84 Å². The standard InChI is InChI=1S/C12H20N2O4S2/c1-9-8-20(16,17)7-4-14(9)11(15)12(10(13)19)2-5-18-6-3-12/h9H,2-8H2,1H3,(H2,13,19). The van der Waals surface area contributed by atoms with Crippen LogP contribution in [0.25, 0.3) is 0 Å². The number of hydrogen-bond donors (Lipinski definition) is 1. The normalized spacial score (nSPS) is 28.9. The molecule has 2 saturated heterocycles. The van der Waals surface area contributed by atoms with E-state index < -0.39 is 15.3 Å². The third-order valence-corrected chi connectivity index (χ3v) is 6.34. The topological polar surface area (TPSA) is 89.7 Å².